The summed E-state index contributed by atoms with van der Waals surface area (Å²) in [6.45, 7) is 2.49. The number of rotatable bonds is 4. The average Bonchev–Trinajstić information content (AvgIpc) is 2.29. The van der Waals surface area contributed by atoms with E-state index in [1.807, 2.05) is 4.72 Å². The average molecular weight is 389 g/mol. The van der Waals surface area contributed by atoms with E-state index in [1.165, 1.54) is 13.8 Å². The van der Waals surface area contributed by atoms with Crippen molar-refractivity contribution in [3.05, 3.63) is 21.4 Å². The molecule has 0 heterocycles. The van der Waals surface area contributed by atoms with Crippen LogP contribution in [0.2, 0.25) is 5.02 Å². The third-order valence-corrected chi connectivity index (χ3v) is 5.49. The van der Waals surface area contributed by atoms with Gasteiger partial charge in [0.15, 0.2) is 5.82 Å². The van der Waals surface area contributed by atoms with Gasteiger partial charge in [0, 0.05) is 0 Å². The molecule has 0 saturated carbocycles. The molecule has 0 fully saturated rings. The summed E-state index contributed by atoms with van der Waals surface area (Å²) < 4.78 is 40.2. The number of anilines is 1. The van der Waals surface area contributed by atoms with Crippen LogP contribution < -0.4 is 16.2 Å². The second kappa shape index (κ2) is 5.47. The lowest BCUT2D eigenvalue weighted by Crippen LogP contribution is -2.52. The highest BCUT2D eigenvalue weighted by atomic mass is 79.9. The first-order valence-corrected chi connectivity index (χ1v) is 7.82. The quantitative estimate of drug-likeness (QED) is 0.533. The molecule has 20 heavy (non-hydrogen) atoms. The highest BCUT2D eigenvalue weighted by Gasteiger charge is 2.33. The summed E-state index contributed by atoms with van der Waals surface area (Å²) in [5.74, 6) is -2.09. The Bertz CT molecular complexity index is 679. The number of primary amides is 1. The third-order valence-electron chi connectivity index (χ3n) is 2.45. The van der Waals surface area contributed by atoms with Crippen molar-refractivity contribution in [3.8, 4) is 0 Å². The Hall–Kier alpha value is -0.900. The van der Waals surface area contributed by atoms with Gasteiger partial charge in [0.05, 0.1) is 15.2 Å². The molecule has 0 saturated heterocycles. The van der Waals surface area contributed by atoms with Crippen LogP contribution in [0.5, 0.6) is 0 Å². The van der Waals surface area contributed by atoms with Crippen molar-refractivity contribution in [1.29, 1.82) is 0 Å². The summed E-state index contributed by atoms with van der Waals surface area (Å²) in [7, 11) is -4.37. The summed E-state index contributed by atoms with van der Waals surface area (Å²) in [6, 6.07) is 0.886. The lowest BCUT2D eigenvalue weighted by atomic mass is 10.1. The van der Waals surface area contributed by atoms with Crippen molar-refractivity contribution >= 4 is 49.1 Å². The molecule has 5 N–H and O–H groups in total. The van der Waals surface area contributed by atoms with E-state index in [0.717, 1.165) is 6.07 Å². The van der Waals surface area contributed by atoms with E-state index in [2.05, 4.69) is 15.9 Å². The van der Waals surface area contributed by atoms with Crippen LogP contribution in [0.15, 0.2) is 15.4 Å². The standard InChI is InChI=1S/C10H12BrClFN3O3S/c1-10(2,9(15)17)16-20(18,19)5-3-4(12)6(11)8(14)7(5)13/h3,16H,14H2,1-2H3,(H2,15,17). The minimum absolute atomic E-state index is 0.0461. The Morgan fingerprint density at radius 3 is 2.45 bits per heavy atom. The fraction of sp³-hybridized carbons (Fsp3) is 0.300. The minimum Gasteiger partial charge on any atom is -0.395 e. The van der Waals surface area contributed by atoms with Crippen LogP contribution in [0.3, 0.4) is 0 Å². The van der Waals surface area contributed by atoms with Gasteiger partial charge in [-0.25, -0.2) is 12.8 Å². The number of nitrogens with two attached hydrogens (primary N) is 2. The van der Waals surface area contributed by atoms with Crippen molar-refractivity contribution < 1.29 is 17.6 Å². The molecule has 1 aromatic rings. The molecule has 1 amide bonds. The molecular weight excluding hydrogens is 377 g/mol. The first-order chi connectivity index (χ1) is 8.90. The topological polar surface area (TPSA) is 115 Å². The van der Waals surface area contributed by atoms with Crippen LogP contribution in [-0.2, 0) is 14.8 Å². The zero-order valence-electron chi connectivity index (χ0n) is 10.5. The van der Waals surface area contributed by atoms with Gasteiger partial charge in [-0.05, 0) is 35.8 Å². The number of nitrogen functional groups attached to an aromatic ring is 1. The molecule has 0 bridgehead atoms. The number of carbonyl (C=O) groups is 1. The molecule has 1 aromatic carbocycles. The summed E-state index contributed by atoms with van der Waals surface area (Å²) in [6.07, 6.45) is 0. The number of nitrogens with one attached hydrogen (secondary N) is 1. The number of benzene rings is 1. The first-order valence-electron chi connectivity index (χ1n) is 5.17. The number of sulfonamides is 1. The second-order valence-corrected chi connectivity index (χ2v) is 7.34. The minimum atomic E-state index is -4.37. The molecule has 1 rings (SSSR count). The maximum absolute atomic E-state index is 14.0. The molecule has 0 aromatic heterocycles. The van der Waals surface area contributed by atoms with Crippen LogP contribution in [0.1, 0.15) is 13.8 Å². The van der Waals surface area contributed by atoms with Crippen LogP contribution in [0.4, 0.5) is 10.1 Å². The zero-order valence-corrected chi connectivity index (χ0v) is 13.7. The van der Waals surface area contributed by atoms with E-state index < -0.39 is 37.9 Å². The van der Waals surface area contributed by atoms with Gasteiger partial charge < -0.3 is 11.5 Å². The highest BCUT2D eigenvalue weighted by molar-refractivity contribution is 9.10. The number of halogens is 3. The van der Waals surface area contributed by atoms with E-state index in [0.29, 0.717) is 0 Å². The van der Waals surface area contributed by atoms with E-state index in [9.17, 15) is 17.6 Å². The van der Waals surface area contributed by atoms with E-state index in [-0.39, 0.29) is 9.50 Å². The van der Waals surface area contributed by atoms with Crippen LogP contribution in [0.25, 0.3) is 0 Å². The predicted octanol–water partition coefficient (Wildman–Crippen LogP) is 1.37. The van der Waals surface area contributed by atoms with Crippen molar-refractivity contribution in [1.82, 2.24) is 4.72 Å². The molecule has 0 atom stereocenters. The van der Waals surface area contributed by atoms with Gasteiger partial charge in [-0.15, -0.1) is 0 Å². The molecule has 6 nitrogen and oxygen atoms in total. The number of carbonyl (C=O) groups excluding carboxylic acids is 1. The fourth-order valence-corrected chi connectivity index (χ4v) is 3.30. The summed E-state index contributed by atoms with van der Waals surface area (Å²) in [5, 5.41) is -0.0823. The molecule has 0 aliphatic carbocycles. The molecule has 0 radical (unpaired) electrons. The predicted molar refractivity (Wildman–Crippen MR) is 77.1 cm³/mol. The van der Waals surface area contributed by atoms with Gasteiger partial charge in [-0.2, -0.15) is 4.72 Å². The number of amides is 1. The van der Waals surface area contributed by atoms with Crippen LogP contribution in [-0.4, -0.2) is 19.9 Å². The van der Waals surface area contributed by atoms with Gasteiger partial charge in [0.25, 0.3) is 0 Å². The third kappa shape index (κ3) is 3.22. The normalized spacial score (nSPS) is 12.4. The second-order valence-electron chi connectivity index (χ2n) is 4.49. The van der Waals surface area contributed by atoms with E-state index >= 15 is 0 Å². The zero-order chi connectivity index (χ0) is 15.9. The van der Waals surface area contributed by atoms with E-state index in [4.69, 9.17) is 23.1 Å². The smallest absolute Gasteiger partial charge is 0.244 e. The molecule has 0 spiro atoms. The van der Waals surface area contributed by atoms with Crippen molar-refractivity contribution in [2.75, 3.05) is 5.73 Å². The molecule has 0 aliphatic heterocycles. The van der Waals surface area contributed by atoms with Gasteiger partial charge in [-0.1, -0.05) is 11.6 Å². The first kappa shape index (κ1) is 17.2. The maximum atomic E-state index is 14.0. The summed E-state index contributed by atoms with van der Waals surface area (Å²) in [5.41, 5.74) is 8.43. The Labute approximate surface area is 128 Å². The molecule has 0 aliphatic rings. The van der Waals surface area contributed by atoms with Gasteiger partial charge >= 0.3 is 0 Å². The molecule has 112 valence electrons. The SMILES string of the molecule is CC(C)(NS(=O)(=O)c1cc(Cl)c(Br)c(N)c1F)C(N)=O. The summed E-state index contributed by atoms with van der Waals surface area (Å²) in [4.78, 5) is 10.4. The lowest BCUT2D eigenvalue weighted by molar-refractivity contribution is -0.122. The monoisotopic (exact) mass is 387 g/mol. The Morgan fingerprint density at radius 2 is 2.00 bits per heavy atom. The van der Waals surface area contributed by atoms with Crippen molar-refractivity contribution in [2.45, 2.75) is 24.3 Å². The van der Waals surface area contributed by atoms with Gasteiger partial charge in [0.2, 0.25) is 15.9 Å². The lowest BCUT2D eigenvalue weighted by Gasteiger charge is -2.22. The molecular formula is C10H12BrClFN3O3S. The van der Waals surface area contributed by atoms with Crippen LogP contribution in [0, 0.1) is 5.82 Å². The Morgan fingerprint density at radius 1 is 1.50 bits per heavy atom. The Balaban J connectivity index is 3.42. The summed E-state index contributed by atoms with van der Waals surface area (Å²) >= 11 is 8.68. The van der Waals surface area contributed by atoms with Crippen molar-refractivity contribution in [3.63, 3.8) is 0 Å². The van der Waals surface area contributed by atoms with Crippen LogP contribution >= 0.6 is 27.5 Å². The van der Waals surface area contributed by atoms with Crippen molar-refractivity contribution in [2.24, 2.45) is 5.73 Å². The van der Waals surface area contributed by atoms with E-state index in [1.54, 1.807) is 0 Å². The fourth-order valence-electron chi connectivity index (χ4n) is 1.24. The maximum Gasteiger partial charge on any atom is 0.244 e. The molecule has 10 heteroatoms. The molecule has 0 unspecified atom stereocenters. The Kier molecular flexibility index (Phi) is 4.69. The highest BCUT2D eigenvalue weighted by Crippen LogP contribution is 2.34. The number of hydrogen-bond donors (Lipinski definition) is 3. The largest absolute Gasteiger partial charge is 0.395 e. The van der Waals surface area contributed by atoms with Gasteiger partial charge in [-0.3, -0.25) is 4.79 Å². The van der Waals surface area contributed by atoms with Gasteiger partial charge in [0.1, 0.15) is 10.4 Å². The number of hydrogen-bond acceptors (Lipinski definition) is 4.